The van der Waals surface area contributed by atoms with Gasteiger partial charge < -0.3 is 14.7 Å². The van der Waals surface area contributed by atoms with Crippen molar-refractivity contribution in [3.63, 3.8) is 0 Å². The number of aromatic nitrogens is 2. The summed E-state index contributed by atoms with van der Waals surface area (Å²) >= 11 is 0. The molecule has 1 aliphatic carbocycles. The SMILES string of the molecule is O=C(NCC1CC1)c1ccccc1-c1cnc2[nH]cc(-c3ccoc3)c2c1. The van der Waals surface area contributed by atoms with E-state index in [0.717, 1.165) is 39.8 Å². The van der Waals surface area contributed by atoms with Crippen LogP contribution in [-0.4, -0.2) is 22.4 Å². The molecule has 0 saturated heterocycles. The lowest BCUT2D eigenvalue weighted by atomic mass is 9.98. The molecule has 1 fully saturated rings. The monoisotopic (exact) mass is 357 g/mol. The number of rotatable bonds is 5. The smallest absolute Gasteiger partial charge is 0.251 e. The molecule has 5 nitrogen and oxygen atoms in total. The molecular formula is C22H19N3O2. The van der Waals surface area contributed by atoms with Crippen LogP contribution >= 0.6 is 0 Å². The Morgan fingerprint density at radius 2 is 2.07 bits per heavy atom. The Balaban J connectivity index is 1.55. The van der Waals surface area contributed by atoms with E-state index in [0.29, 0.717) is 11.5 Å². The van der Waals surface area contributed by atoms with Crippen molar-refractivity contribution >= 4 is 16.9 Å². The van der Waals surface area contributed by atoms with Crippen LogP contribution < -0.4 is 5.32 Å². The van der Waals surface area contributed by atoms with Crippen LogP contribution in [0.4, 0.5) is 0 Å². The van der Waals surface area contributed by atoms with Crippen molar-refractivity contribution < 1.29 is 9.21 Å². The molecule has 3 heterocycles. The number of hydrogen-bond acceptors (Lipinski definition) is 3. The molecule has 0 bridgehead atoms. The second-order valence-corrected chi connectivity index (χ2v) is 7.03. The van der Waals surface area contributed by atoms with E-state index >= 15 is 0 Å². The third kappa shape index (κ3) is 3.01. The van der Waals surface area contributed by atoms with Gasteiger partial charge in [0.05, 0.1) is 12.5 Å². The average molecular weight is 357 g/mol. The fraction of sp³-hybridized carbons (Fsp3) is 0.182. The molecule has 1 aliphatic rings. The van der Waals surface area contributed by atoms with Crippen molar-refractivity contribution in [1.29, 1.82) is 0 Å². The number of benzene rings is 1. The van der Waals surface area contributed by atoms with E-state index in [1.165, 1.54) is 12.8 Å². The maximum atomic E-state index is 12.7. The predicted molar refractivity (Wildman–Crippen MR) is 104 cm³/mol. The average Bonchev–Trinajstić information content (AvgIpc) is 3.20. The fourth-order valence-electron chi connectivity index (χ4n) is 3.39. The molecule has 0 spiro atoms. The molecular weight excluding hydrogens is 338 g/mol. The van der Waals surface area contributed by atoms with Gasteiger partial charge >= 0.3 is 0 Å². The first-order chi connectivity index (χ1) is 13.3. The molecule has 1 amide bonds. The fourth-order valence-corrected chi connectivity index (χ4v) is 3.39. The highest BCUT2D eigenvalue weighted by Gasteiger charge is 2.22. The molecule has 0 atom stereocenters. The third-order valence-electron chi connectivity index (χ3n) is 5.09. The Kier molecular flexibility index (Phi) is 3.78. The second kappa shape index (κ2) is 6.43. The van der Waals surface area contributed by atoms with Gasteiger partial charge in [0.2, 0.25) is 0 Å². The first-order valence-corrected chi connectivity index (χ1v) is 9.17. The van der Waals surface area contributed by atoms with Crippen LogP contribution in [-0.2, 0) is 0 Å². The first kappa shape index (κ1) is 15.9. The van der Waals surface area contributed by atoms with Gasteiger partial charge in [0.15, 0.2) is 0 Å². The Labute approximate surface area is 156 Å². The van der Waals surface area contributed by atoms with Gasteiger partial charge in [-0.2, -0.15) is 0 Å². The number of nitrogens with zero attached hydrogens (tertiary/aromatic N) is 1. The molecule has 1 saturated carbocycles. The summed E-state index contributed by atoms with van der Waals surface area (Å²) in [5.41, 5.74) is 5.33. The summed E-state index contributed by atoms with van der Waals surface area (Å²) in [6, 6.07) is 11.7. The summed E-state index contributed by atoms with van der Waals surface area (Å²) in [6.45, 7) is 0.757. The van der Waals surface area contributed by atoms with E-state index in [-0.39, 0.29) is 5.91 Å². The van der Waals surface area contributed by atoms with E-state index < -0.39 is 0 Å². The van der Waals surface area contributed by atoms with E-state index in [1.807, 2.05) is 42.7 Å². The zero-order valence-corrected chi connectivity index (χ0v) is 14.7. The van der Waals surface area contributed by atoms with Crippen molar-refractivity contribution in [3.8, 4) is 22.3 Å². The molecule has 0 aliphatic heterocycles. The second-order valence-electron chi connectivity index (χ2n) is 7.03. The van der Waals surface area contributed by atoms with Crippen LogP contribution in [0.2, 0.25) is 0 Å². The molecule has 134 valence electrons. The molecule has 5 rings (SSSR count). The van der Waals surface area contributed by atoms with Crippen LogP contribution in [0.25, 0.3) is 33.3 Å². The lowest BCUT2D eigenvalue weighted by Crippen LogP contribution is -2.26. The number of nitrogens with one attached hydrogen (secondary N) is 2. The van der Waals surface area contributed by atoms with Crippen molar-refractivity contribution in [3.05, 3.63) is 66.9 Å². The van der Waals surface area contributed by atoms with Crippen LogP contribution in [0.1, 0.15) is 23.2 Å². The first-order valence-electron chi connectivity index (χ1n) is 9.17. The molecule has 4 aromatic rings. The van der Waals surface area contributed by atoms with Crippen molar-refractivity contribution in [2.24, 2.45) is 5.92 Å². The number of furan rings is 1. The quantitative estimate of drug-likeness (QED) is 0.547. The van der Waals surface area contributed by atoms with Crippen molar-refractivity contribution in [2.45, 2.75) is 12.8 Å². The number of aromatic amines is 1. The molecule has 0 unspecified atom stereocenters. The number of fused-ring (bicyclic) bond motifs is 1. The van der Waals surface area contributed by atoms with Gasteiger partial charge in [-0.25, -0.2) is 4.98 Å². The number of amides is 1. The largest absolute Gasteiger partial charge is 0.472 e. The summed E-state index contributed by atoms with van der Waals surface area (Å²) in [6.07, 6.45) is 9.55. The standard InChI is InChI=1S/C22H19N3O2/c26-22(25-10-14-5-6-14)18-4-2-1-3-17(18)16-9-19-20(15-7-8-27-13-15)12-24-21(19)23-11-16/h1-4,7-9,11-14H,5-6,10H2,(H,23,24)(H,25,26). The van der Waals surface area contributed by atoms with Gasteiger partial charge in [0, 0.05) is 46.6 Å². The topological polar surface area (TPSA) is 70.9 Å². The van der Waals surface area contributed by atoms with Crippen molar-refractivity contribution in [2.75, 3.05) is 6.54 Å². The van der Waals surface area contributed by atoms with Crippen LogP contribution in [0.15, 0.2) is 65.7 Å². The van der Waals surface area contributed by atoms with Gasteiger partial charge in [-0.1, -0.05) is 18.2 Å². The Hall–Kier alpha value is -3.34. The third-order valence-corrected chi connectivity index (χ3v) is 5.09. The summed E-state index contributed by atoms with van der Waals surface area (Å²) in [5.74, 6) is 0.623. The zero-order valence-electron chi connectivity index (χ0n) is 14.7. The van der Waals surface area contributed by atoms with Crippen LogP contribution in [0.5, 0.6) is 0 Å². The lowest BCUT2D eigenvalue weighted by molar-refractivity contribution is 0.0952. The maximum absolute atomic E-state index is 12.7. The highest BCUT2D eigenvalue weighted by Crippen LogP contribution is 2.32. The van der Waals surface area contributed by atoms with Crippen LogP contribution in [0, 0.1) is 5.92 Å². The zero-order chi connectivity index (χ0) is 18.2. The molecule has 1 aromatic carbocycles. The van der Waals surface area contributed by atoms with E-state index in [9.17, 15) is 4.79 Å². The predicted octanol–water partition coefficient (Wildman–Crippen LogP) is 4.63. The van der Waals surface area contributed by atoms with Gasteiger partial charge in [0.25, 0.3) is 5.91 Å². The molecule has 27 heavy (non-hydrogen) atoms. The lowest BCUT2D eigenvalue weighted by Gasteiger charge is -2.10. The number of hydrogen-bond donors (Lipinski definition) is 2. The summed E-state index contributed by atoms with van der Waals surface area (Å²) in [4.78, 5) is 20.4. The van der Waals surface area contributed by atoms with Gasteiger partial charge in [-0.3, -0.25) is 4.79 Å². The highest BCUT2D eigenvalue weighted by molar-refractivity contribution is 6.02. The Morgan fingerprint density at radius 3 is 2.89 bits per heavy atom. The molecule has 5 heteroatoms. The normalized spacial score (nSPS) is 13.8. The minimum atomic E-state index is -0.0262. The van der Waals surface area contributed by atoms with E-state index in [4.69, 9.17) is 4.42 Å². The van der Waals surface area contributed by atoms with E-state index in [2.05, 4.69) is 21.4 Å². The minimum absolute atomic E-state index is 0.0262. The van der Waals surface area contributed by atoms with Gasteiger partial charge in [-0.05, 0) is 42.5 Å². The van der Waals surface area contributed by atoms with Crippen LogP contribution in [0.3, 0.4) is 0 Å². The number of pyridine rings is 1. The Bertz CT molecular complexity index is 1110. The van der Waals surface area contributed by atoms with Gasteiger partial charge in [0.1, 0.15) is 5.65 Å². The number of carbonyl (C=O) groups is 1. The molecule has 0 radical (unpaired) electrons. The molecule has 3 aromatic heterocycles. The number of carbonyl (C=O) groups excluding carboxylic acids is 1. The highest BCUT2D eigenvalue weighted by atomic mass is 16.3. The van der Waals surface area contributed by atoms with Crippen molar-refractivity contribution in [1.82, 2.24) is 15.3 Å². The summed E-state index contributed by atoms with van der Waals surface area (Å²) in [5, 5.41) is 4.06. The molecule has 2 N–H and O–H groups in total. The maximum Gasteiger partial charge on any atom is 0.251 e. The number of H-pyrrole nitrogens is 1. The minimum Gasteiger partial charge on any atom is -0.472 e. The Morgan fingerprint density at radius 1 is 1.19 bits per heavy atom. The van der Waals surface area contributed by atoms with Gasteiger partial charge in [-0.15, -0.1) is 0 Å². The van der Waals surface area contributed by atoms with E-state index in [1.54, 1.807) is 12.5 Å². The summed E-state index contributed by atoms with van der Waals surface area (Å²) in [7, 11) is 0. The summed E-state index contributed by atoms with van der Waals surface area (Å²) < 4.78 is 5.22.